The summed E-state index contributed by atoms with van der Waals surface area (Å²) in [5.41, 5.74) is 0. The molecule has 0 amide bonds. The molecule has 0 bridgehead atoms. The first-order valence-electron chi connectivity index (χ1n) is 6.69. The van der Waals surface area contributed by atoms with Gasteiger partial charge in [-0.3, -0.25) is 4.90 Å². The van der Waals surface area contributed by atoms with Gasteiger partial charge in [-0.2, -0.15) is 0 Å². The van der Waals surface area contributed by atoms with Crippen molar-refractivity contribution in [3.63, 3.8) is 0 Å². The lowest BCUT2D eigenvalue weighted by Gasteiger charge is -2.31. The molecule has 1 aliphatic rings. The third-order valence-electron chi connectivity index (χ3n) is 3.32. The van der Waals surface area contributed by atoms with Gasteiger partial charge in [-0.15, -0.1) is 0 Å². The number of rotatable bonds is 7. The second kappa shape index (κ2) is 8.04. The molecule has 0 aromatic carbocycles. The molecule has 1 unspecified atom stereocenters. The van der Waals surface area contributed by atoms with Crippen molar-refractivity contribution < 1.29 is 4.74 Å². The SMILES string of the molecule is CC(C)CCOCCN(C)C1CCCNC1. The van der Waals surface area contributed by atoms with Gasteiger partial charge in [-0.25, -0.2) is 0 Å². The Morgan fingerprint density at radius 1 is 1.38 bits per heavy atom. The van der Waals surface area contributed by atoms with E-state index in [9.17, 15) is 0 Å². The zero-order valence-corrected chi connectivity index (χ0v) is 11.2. The summed E-state index contributed by atoms with van der Waals surface area (Å²) in [7, 11) is 2.21. The van der Waals surface area contributed by atoms with Gasteiger partial charge in [0.1, 0.15) is 0 Å². The van der Waals surface area contributed by atoms with Gasteiger partial charge in [0.05, 0.1) is 6.61 Å². The average Bonchev–Trinajstić information content (AvgIpc) is 2.29. The summed E-state index contributed by atoms with van der Waals surface area (Å²) in [6.07, 6.45) is 3.81. The maximum absolute atomic E-state index is 5.64. The second-order valence-electron chi connectivity index (χ2n) is 5.28. The van der Waals surface area contributed by atoms with E-state index in [2.05, 4.69) is 31.1 Å². The summed E-state index contributed by atoms with van der Waals surface area (Å²) in [4.78, 5) is 2.43. The summed E-state index contributed by atoms with van der Waals surface area (Å²) >= 11 is 0. The molecule has 3 heteroatoms. The van der Waals surface area contributed by atoms with E-state index in [1.807, 2.05) is 0 Å². The lowest BCUT2D eigenvalue weighted by molar-refractivity contribution is 0.0864. The number of ether oxygens (including phenoxy) is 1. The quantitative estimate of drug-likeness (QED) is 0.672. The molecule has 1 aliphatic heterocycles. The van der Waals surface area contributed by atoms with Crippen molar-refractivity contribution in [3.05, 3.63) is 0 Å². The minimum Gasteiger partial charge on any atom is -0.380 e. The van der Waals surface area contributed by atoms with E-state index >= 15 is 0 Å². The number of likely N-dealkylation sites (N-methyl/N-ethyl adjacent to an activating group) is 1. The first-order valence-corrected chi connectivity index (χ1v) is 6.69. The molecule has 0 spiro atoms. The summed E-state index contributed by atoms with van der Waals surface area (Å²) in [6.45, 7) is 9.66. The molecular formula is C13H28N2O. The van der Waals surface area contributed by atoms with E-state index in [4.69, 9.17) is 4.74 Å². The monoisotopic (exact) mass is 228 g/mol. The first kappa shape index (κ1) is 13.9. The summed E-state index contributed by atoms with van der Waals surface area (Å²) in [5.74, 6) is 0.750. The normalized spacial score (nSPS) is 21.9. The molecule has 1 atom stereocenters. The van der Waals surface area contributed by atoms with E-state index in [1.165, 1.54) is 25.8 Å². The van der Waals surface area contributed by atoms with E-state index in [-0.39, 0.29) is 0 Å². The molecule has 1 heterocycles. The maximum atomic E-state index is 5.64. The van der Waals surface area contributed by atoms with E-state index in [0.29, 0.717) is 6.04 Å². The average molecular weight is 228 g/mol. The second-order valence-corrected chi connectivity index (χ2v) is 5.28. The number of nitrogens with zero attached hydrogens (tertiary/aromatic N) is 1. The Labute approximate surface area is 101 Å². The van der Waals surface area contributed by atoms with Crippen molar-refractivity contribution in [2.75, 3.05) is 39.9 Å². The zero-order chi connectivity index (χ0) is 11.8. The highest BCUT2D eigenvalue weighted by molar-refractivity contribution is 4.76. The Morgan fingerprint density at radius 2 is 2.19 bits per heavy atom. The number of piperidine rings is 1. The number of hydrogen-bond acceptors (Lipinski definition) is 3. The van der Waals surface area contributed by atoms with Gasteiger partial charge < -0.3 is 10.1 Å². The highest BCUT2D eigenvalue weighted by Crippen LogP contribution is 2.07. The Kier molecular flexibility index (Phi) is 7.01. The van der Waals surface area contributed by atoms with E-state index in [1.54, 1.807) is 0 Å². The van der Waals surface area contributed by atoms with Crippen LogP contribution in [0.1, 0.15) is 33.1 Å². The fourth-order valence-corrected chi connectivity index (χ4v) is 2.02. The molecule has 1 rings (SSSR count). The van der Waals surface area contributed by atoms with Gasteiger partial charge in [0, 0.05) is 25.7 Å². The summed E-state index contributed by atoms with van der Waals surface area (Å²) in [6, 6.07) is 0.711. The van der Waals surface area contributed by atoms with Crippen molar-refractivity contribution in [1.82, 2.24) is 10.2 Å². The zero-order valence-electron chi connectivity index (χ0n) is 11.2. The van der Waals surface area contributed by atoms with Crippen molar-refractivity contribution in [3.8, 4) is 0 Å². The minimum atomic E-state index is 0.711. The van der Waals surface area contributed by atoms with E-state index < -0.39 is 0 Å². The highest BCUT2D eigenvalue weighted by atomic mass is 16.5. The maximum Gasteiger partial charge on any atom is 0.0593 e. The molecule has 1 fully saturated rings. The standard InChI is InChI=1S/C13H28N2O/c1-12(2)6-9-16-10-8-15(3)13-5-4-7-14-11-13/h12-14H,4-11H2,1-3H3. The van der Waals surface area contributed by atoms with Crippen molar-refractivity contribution in [1.29, 1.82) is 0 Å². The van der Waals surface area contributed by atoms with Crippen LogP contribution in [0.3, 0.4) is 0 Å². The Morgan fingerprint density at radius 3 is 2.81 bits per heavy atom. The minimum absolute atomic E-state index is 0.711. The van der Waals surface area contributed by atoms with Crippen LogP contribution in [-0.2, 0) is 4.74 Å². The first-order chi connectivity index (χ1) is 7.70. The predicted octanol–water partition coefficient (Wildman–Crippen LogP) is 1.73. The summed E-state index contributed by atoms with van der Waals surface area (Å²) in [5, 5.41) is 3.45. The van der Waals surface area contributed by atoms with Crippen LogP contribution in [0.25, 0.3) is 0 Å². The molecule has 0 radical (unpaired) electrons. The number of hydrogen-bond donors (Lipinski definition) is 1. The summed E-state index contributed by atoms with van der Waals surface area (Å²) < 4.78 is 5.64. The topological polar surface area (TPSA) is 24.5 Å². The van der Waals surface area contributed by atoms with Gasteiger partial charge in [-0.1, -0.05) is 13.8 Å². The molecule has 1 saturated heterocycles. The van der Waals surface area contributed by atoms with Crippen LogP contribution in [0.5, 0.6) is 0 Å². The predicted molar refractivity (Wildman–Crippen MR) is 68.8 cm³/mol. The van der Waals surface area contributed by atoms with Crippen LogP contribution in [0, 0.1) is 5.92 Å². The van der Waals surface area contributed by atoms with Crippen molar-refractivity contribution in [2.45, 2.75) is 39.2 Å². The smallest absolute Gasteiger partial charge is 0.0593 e. The number of nitrogens with one attached hydrogen (secondary N) is 1. The molecule has 16 heavy (non-hydrogen) atoms. The van der Waals surface area contributed by atoms with Crippen molar-refractivity contribution in [2.24, 2.45) is 5.92 Å². The van der Waals surface area contributed by atoms with Crippen LogP contribution < -0.4 is 5.32 Å². The fourth-order valence-electron chi connectivity index (χ4n) is 2.02. The Balaban J connectivity index is 1.98. The van der Waals surface area contributed by atoms with Crippen LogP contribution in [0.2, 0.25) is 0 Å². The van der Waals surface area contributed by atoms with E-state index in [0.717, 1.165) is 32.2 Å². The van der Waals surface area contributed by atoms with Gasteiger partial charge in [0.25, 0.3) is 0 Å². The largest absolute Gasteiger partial charge is 0.380 e. The lowest BCUT2D eigenvalue weighted by atomic mass is 10.1. The van der Waals surface area contributed by atoms with Gasteiger partial charge in [-0.05, 0) is 38.8 Å². The Hall–Kier alpha value is -0.120. The van der Waals surface area contributed by atoms with Crippen molar-refractivity contribution >= 4 is 0 Å². The molecular weight excluding hydrogens is 200 g/mol. The molecule has 0 saturated carbocycles. The van der Waals surface area contributed by atoms with Crippen LogP contribution in [0.15, 0.2) is 0 Å². The molecule has 96 valence electrons. The van der Waals surface area contributed by atoms with Gasteiger partial charge in [0.15, 0.2) is 0 Å². The van der Waals surface area contributed by atoms with Gasteiger partial charge in [0.2, 0.25) is 0 Å². The lowest BCUT2D eigenvalue weighted by Crippen LogP contribution is -2.45. The molecule has 3 nitrogen and oxygen atoms in total. The van der Waals surface area contributed by atoms with Crippen LogP contribution >= 0.6 is 0 Å². The molecule has 1 N–H and O–H groups in total. The third-order valence-corrected chi connectivity index (χ3v) is 3.32. The van der Waals surface area contributed by atoms with Gasteiger partial charge >= 0.3 is 0 Å². The third kappa shape index (κ3) is 5.83. The molecule has 0 aromatic heterocycles. The molecule has 0 aromatic rings. The Bertz CT molecular complexity index is 167. The fraction of sp³-hybridized carbons (Fsp3) is 1.00. The highest BCUT2D eigenvalue weighted by Gasteiger charge is 2.16. The molecule has 0 aliphatic carbocycles. The van der Waals surface area contributed by atoms with Crippen LogP contribution in [-0.4, -0.2) is 50.8 Å². The van der Waals surface area contributed by atoms with Crippen LogP contribution in [0.4, 0.5) is 0 Å².